The number of ether oxygens (including phenoxy) is 1. The molecule has 0 atom stereocenters. The number of hydrogen-bond donors (Lipinski definition) is 3. The summed E-state index contributed by atoms with van der Waals surface area (Å²) in [4.78, 5) is 31.4. The van der Waals surface area contributed by atoms with Crippen LogP contribution in [0.25, 0.3) is 5.82 Å². The molecule has 10 nitrogen and oxygen atoms in total. The van der Waals surface area contributed by atoms with Crippen LogP contribution in [-0.4, -0.2) is 39.0 Å². The molecule has 27 heavy (non-hydrogen) atoms. The highest BCUT2D eigenvalue weighted by Gasteiger charge is 2.08. The van der Waals surface area contributed by atoms with Gasteiger partial charge < -0.3 is 15.4 Å². The zero-order valence-corrected chi connectivity index (χ0v) is 14.4. The minimum atomic E-state index is -0.562. The van der Waals surface area contributed by atoms with E-state index in [9.17, 15) is 9.59 Å². The lowest BCUT2D eigenvalue weighted by Gasteiger charge is -2.11. The van der Waals surface area contributed by atoms with E-state index < -0.39 is 6.09 Å². The van der Waals surface area contributed by atoms with Crippen LogP contribution in [0.4, 0.5) is 21.0 Å². The number of carbonyl (C=O) groups excluding carboxylic acids is 2. The Morgan fingerprint density at radius 3 is 2.52 bits per heavy atom. The molecule has 3 aromatic rings. The normalized spacial score (nSPS) is 10.1. The number of nitrogens with zero attached hydrogens (tertiary/aromatic N) is 4. The Balaban J connectivity index is 1.57. The molecule has 0 fully saturated rings. The van der Waals surface area contributed by atoms with Crippen molar-refractivity contribution in [3.05, 3.63) is 60.8 Å². The van der Waals surface area contributed by atoms with Crippen LogP contribution in [0.1, 0.15) is 5.56 Å². The summed E-state index contributed by atoms with van der Waals surface area (Å²) >= 11 is 0. The molecule has 138 valence electrons. The van der Waals surface area contributed by atoms with Crippen molar-refractivity contribution in [1.82, 2.24) is 25.1 Å². The van der Waals surface area contributed by atoms with E-state index in [0.29, 0.717) is 17.2 Å². The number of aromatic nitrogens is 4. The van der Waals surface area contributed by atoms with Crippen molar-refractivity contribution in [2.45, 2.75) is 6.54 Å². The number of urea groups is 1. The van der Waals surface area contributed by atoms with Gasteiger partial charge in [-0.3, -0.25) is 5.32 Å². The van der Waals surface area contributed by atoms with Crippen LogP contribution in [0.2, 0.25) is 0 Å². The van der Waals surface area contributed by atoms with E-state index in [1.807, 2.05) is 6.07 Å². The number of carbonyl (C=O) groups is 2. The van der Waals surface area contributed by atoms with Gasteiger partial charge in [0.15, 0.2) is 5.82 Å². The van der Waals surface area contributed by atoms with E-state index >= 15 is 0 Å². The molecule has 2 aromatic heterocycles. The first-order valence-electron chi connectivity index (χ1n) is 7.94. The van der Waals surface area contributed by atoms with Crippen LogP contribution >= 0.6 is 0 Å². The average molecular weight is 367 g/mol. The molecule has 3 amide bonds. The standard InChI is InChI=1S/C17H17N7O3/c1-27-17(26)23-14-6-4-13(5-7-14)22-16(25)20-9-12-3-2-8-19-15(12)24-11-18-10-21-24/h2-8,10-11H,9H2,1H3,(H,23,26)(H2,20,22,25). The Morgan fingerprint density at radius 1 is 1.11 bits per heavy atom. The van der Waals surface area contributed by atoms with Crippen molar-refractivity contribution in [2.24, 2.45) is 0 Å². The smallest absolute Gasteiger partial charge is 0.411 e. The largest absolute Gasteiger partial charge is 0.453 e. The molecule has 3 rings (SSSR count). The number of anilines is 2. The second-order valence-corrected chi connectivity index (χ2v) is 5.33. The van der Waals surface area contributed by atoms with E-state index in [2.05, 4.69) is 35.8 Å². The van der Waals surface area contributed by atoms with Gasteiger partial charge in [-0.1, -0.05) is 6.07 Å². The van der Waals surface area contributed by atoms with Crippen LogP contribution in [-0.2, 0) is 11.3 Å². The lowest BCUT2D eigenvalue weighted by atomic mass is 10.2. The zero-order chi connectivity index (χ0) is 19.1. The Hall–Kier alpha value is -3.95. The second kappa shape index (κ2) is 8.43. The zero-order valence-electron chi connectivity index (χ0n) is 14.4. The number of hydrogen-bond acceptors (Lipinski definition) is 6. The van der Waals surface area contributed by atoms with Crippen molar-refractivity contribution >= 4 is 23.5 Å². The fourth-order valence-electron chi connectivity index (χ4n) is 2.25. The van der Waals surface area contributed by atoms with Crippen LogP contribution in [0, 0.1) is 0 Å². The molecule has 1 aromatic carbocycles. The summed E-state index contributed by atoms with van der Waals surface area (Å²) in [6, 6.07) is 9.87. The first kappa shape index (κ1) is 17.9. The van der Waals surface area contributed by atoms with Gasteiger partial charge >= 0.3 is 12.1 Å². The van der Waals surface area contributed by atoms with Gasteiger partial charge in [0.2, 0.25) is 0 Å². The number of benzene rings is 1. The highest BCUT2D eigenvalue weighted by Crippen LogP contribution is 2.14. The summed E-state index contributed by atoms with van der Waals surface area (Å²) in [5.74, 6) is 0.591. The topological polar surface area (TPSA) is 123 Å². The Kier molecular flexibility index (Phi) is 5.57. The van der Waals surface area contributed by atoms with Crippen molar-refractivity contribution in [2.75, 3.05) is 17.7 Å². The van der Waals surface area contributed by atoms with Gasteiger partial charge in [-0.25, -0.2) is 24.2 Å². The summed E-state index contributed by atoms with van der Waals surface area (Å²) in [7, 11) is 1.28. The maximum Gasteiger partial charge on any atom is 0.411 e. The number of rotatable bonds is 5. The number of nitrogens with one attached hydrogen (secondary N) is 3. The lowest BCUT2D eigenvalue weighted by Crippen LogP contribution is -2.28. The quantitative estimate of drug-likeness (QED) is 0.635. The molecule has 0 radical (unpaired) electrons. The average Bonchev–Trinajstić information content (AvgIpc) is 3.22. The molecule has 0 unspecified atom stereocenters. The van der Waals surface area contributed by atoms with Gasteiger partial charge in [0.05, 0.1) is 7.11 Å². The molecule has 0 aliphatic rings. The van der Waals surface area contributed by atoms with Gasteiger partial charge in [0.25, 0.3) is 0 Å². The number of methoxy groups -OCH3 is 1. The predicted molar refractivity (Wildman–Crippen MR) is 97.5 cm³/mol. The Bertz CT molecular complexity index is 911. The molecule has 0 aliphatic heterocycles. The third-order valence-corrected chi connectivity index (χ3v) is 3.52. The van der Waals surface area contributed by atoms with Crippen LogP contribution in [0.3, 0.4) is 0 Å². The van der Waals surface area contributed by atoms with Gasteiger partial charge in [-0.05, 0) is 30.3 Å². The third-order valence-electron chi connectivity index (χ3n) is 3.52. The van der Waals surface area contributed by atoms with Gasteiger partial charge in [0.1, 0.15) is 12.7 Å². The van der Waals surface area contributed by atoms with Crippen LogP contribution in [0.5, 0.6) is 0 Å². The number of pyridine rings is 1. The molecule has 0 bridgehead atoms. The fourth-order valence-corrected chi connectivity index (χ4v) is 2.25. The molecular weight excluding hydrogens is 350 g/mol. The summed E-state index contributed by atoms with van der Waals surface area (Å²) < 4.78 is 6.04. The van der Waals surface area contributed by atoms with Crippen molar-refractivity contribution in [3.8, 4) is 5.82 Å². The van der Waals surface area contributed by atoms with E-state index in [1.165, 1.54) is 24.4 Å². The third kappa shape index (κ3) is 4.78. The summed E-state index contributed by atoms with van der Waals surface area (Å²) in [6.07, 6.45) is 4.03. The molecule has 0 aliphatic carbocycles. The highest BCUT2D eigenvalue weighted by molar-refractivity contribution is 5.90. The highest BCUT2D eigenvalue weighted by atomic mass is 16.5. The van der Waals surface area contributed by atoms with Crippen molar-refractivity contribution in [3.63, 3.8) is 0 Å². The maximum atomic E-state index is 12.1. The minimum Gasteiger partial charge on any atom is -0.453 e. The van der Waals surface area contributed by atoms with E-state index in [-0.39, 0.29) is 12.6 Å². The van der Waals surface area contributed by atoms with Crippen molar-refractivity contribution < 1.29 is 14.3 Å². The SMILES string of the molecule is COC(=O)Nc1ccc(NC(=O)NCc2cccnc2-n2cncn2)cc1. The van der Waals surface area contributed by atoms with E-state index in [1.54, 1.807) is 36.5 Å². The Labute approximate surface area is 154 Å². The second-order valence-electron chi connectivity index (χ2n) is 5.33. The monoisotopic (exact) mass is 367 g/mol. The molecular formula is C17H17N7O3. The van der Waals surface area contributed by atoms with Crippen molar-refractivity contribution in [1.29, 1.82) is 0 Å². The van der Waals surface area contributed by atoms with Crippen LogP contribution < -0.4 is 16.0 Å². The predicted octanol–water partition coefficient (Wildman–Crippen LogP) is 2.16. The van der Waals surface area contributed by atoms with Gasteiger partial charge in [-0.2, -0.15) is 5.10 Å². The van der Waals surface area contributed by atoms with Gasteiger partial charge in [0, 0.05) is 29.7 Å². The number of amides is 3. The molecule has 2 heterocycles. The first-order chi connectivity index (χ1) is 13.2. The molecule has 0 saturated heterocycles. The first-order valence-corrected chi connectivity index (χ1v) is 7.94. The minimum absolute atomic E-state index is 0.261. The molecule has 0 spiro atoms. The maximum absolute atomic E-state index is 12.1. The Morgan fingerprint density at radius 2 is 1.85 bits per heavy atom. The van der Waals surface area contributed by atoms with E-state index in [0.717, 1.165) is 5.56 Å². The lowest BCUT2D eigenvalue weighted by molar-refractivity contribution is 0.187. The molecule has 10 heteroatoms. The van der Waals surface area contributed by atoms with E-state index in [4.69, 9.17) is 0 Å². The summed E-state index contributed by atoms with van der Waals surface area (Å²) in [5.41, 5.74) is 1.92. The molecule has 0 saturated carbocycles. The molecule has 3 N–H and O–H groups in total. The van der Waals surface area contributed by atoms with Gasteiger partial charge in [-0.15, -0.1) is 0 Å². The van der Waals surface area contributed by atoms with Crippen LogP contribution in [0.15, 0.2) is 55.2 Å². The summed E-state index contributed by atoms with van der Waals surface area (Å²) in [5, 5.41) is 12.1. The summed E-state index contributed by atoms with van der Waals surface area (Å²) in [6.45, 7) is 0.261. The fraction of sp³-hybridized carbons (Fsp3) is 0.118.